The fourth-order valence-corrected chi connectivity index (χ4v) is 2.38. The zero-order valence-electron chi connectivity index (χ0n) is 12.9. The zero-order chi connectivity index (χ0) is 17.1. The number of carboxylic acids is 2. The summed E-state index contributed by atoms with van der Waals surface area (Å²) in [7, 11) is 0. The quantitative estimate of drug-likeness (QED) is 0.399. The number of aromatic amines is 2. The van der Waals surface area contributed by atoms with Gasteiger partial charge in [-0.1, -0.05) is 36.4 Å². The normalized spacial score (nSPS) is 9.92. The standard InChI is InChI=1S/2C9H7NO2.Mn/c2*11-9(12)8-5-6-3-1-2-4-7(6)10-8;/h2*1-5,10H,(H,11,12);. The van der Waals surface area contributed by atoms with Crippen LogP contribution >= 0.6 is 0 Å². The van der Waals surface area contributed by atoms with E-state index in [1.54, 1.807) is 12.1 Å². The number of rotatable bonds is 2. The Morgan fingerprint density at radius 3 is 1.36 bits per heavy atom. The molecule has 2 aromatic heterocycles. The van der Waals surface area contributed by atoms with Crippen LogP contribution in [0.2, 0.25) is 0 Å². The van der Waals surface area contributed by atoms with Gasteiger partial charge in [0.15, 0.2) is 0 Å². The van der Waals surface area contributed by atoms with E-state index in [1.807, 2.05) is 48.5 Å². The molecule has 2 aromatic carbocycles. The molecule has 127 valence electrons. The summed E-state index contributed by atoms with van der Waals surface area (Å²) in [6.45, 7) is 0. The smallest absolute Gasteiger partial charge is 0.352 e. The van der Waals surface area contributed by atoms with Gasteiger partial charge in [0.1, 0.15) is 11.4 Å². The van der Waals surface area contributed by atoms with Crippen LogP contribution in [0.25, 0.3) is 21.8 Å². The van der Waals surface area contributed by atoms with Crippen LogP contribution in [0.5, 0.6) is 0 Å². The fourth-order valence-electron chi connectivity index (χ4n) is 2.38. The van der Waals surface area contributed by atoms with E-state index >= 15 is 0 Å². The predicted octanol–water partition coefficient (Wildman–Crippen LogP) is 3.73. The van der Waals surface area contributed by atoms with E-state index in [2.05, 4.69) is 9.97 Å². The van der Waals surface area contributed by atoms with E-state index in [1.165, 1.54) is 0 Å². The van der Waals surface area contributed by atoms with E-state index in [0.29, 0.717) is 0 Å². The Balaban J connectivity index is 0.000000173. The molecule has 4 N–H and O–H groups in total. The van der Waals surface area contributed by atoms with Crippen molar-refractivity contribution in [3.05, 3.63) is 72.1 Å². The van der Waals surface area contributed by atoms with Crippen molar-refractivity contribution in [1.29, 1.82) is 0 Å². The third kappa shape index (κ3) is 4.09. The minimum atomic E-state index is -0.925. The van der Waals surface area contributed by atoms with Crippen LogP contribution < -0.4 is 0 Å². The molecule has 0 aliphatic rings. The number of fused-ring (bicyclic) bond motifs is 2. The number of aromatic nitrogens is 2. The van der Waals surface area contributed by atoms with Crippen molar-refractivity contribution < 1.29 is 36.9 Å². The molecule has 0 spiro atoms. The van der Waals surface area contributed by atoms with Crippen molar-refractivity contribution in [1.82, 2.24) is 9.97 Å². The molecule has 0 fully saturated rings. The Morgan fingerprint density at radius 1 is 0.680 bits per heavy atom. The van der Waals surface area contributed by atoms with Crippen LogP contribution in [0.4, 0.5) is 0 Å². The van der Waals surface area contributed by atoms with Gasteiger partial charge in [-0.25, -0.2) is 9.59 Å². The Kier molecular flexibility index (Phi) is 5.64. The van der Waals surface area contributed by atoms with Crippen molar-refractivity contribution in [2.24, 2.45) is 0 Å². The van der Waals surface area contributed by atoms with Gasteiger partial charge in [-0.15, -0.1) is 0 Å². The summed E-state index contributed by atoms with van der Waals surface area (Å²) in [5.41, 5.74) is 2.18. The van der Waals surface area contributed by atoms with Gasteiger partial charge in [-0.2, -0.15) is 0 Å². The largest absolute Gasteiger partial charge is 0.477 e. The molecule has 0 amide bonds. The van der Waals surface area contributed by atoms with Crippen molar-refractivity contribution in [2.45, 2.75) is 0 Å². The summed E-state index contributed by atoms with van der Waals surface area (Å²) in [6.07, 6.45) is 0. The third-order valence-corrected chi connectivity index (χ3v) is 3.52. The van der Waals surface area contributed by atoms with E-state index < -0.39 is 11.9 Å². The second-order valence-corrected chi connectivity index (χ2v) is 5.15. The minimum absolute atomic E-state index is 0. The Bertz CT molecular complexity index is 886. The van der Waals surface area contributed by atoms with Crippen molar-refractivity contribution in [2.75, 3.05) is 0 Å². The molecule has 2 heterocycles. The van der Waals surface area contributed by atoms with Crippen molar-refractivity contribution >= 4 is 33.7 Å². The molecule has 1 radical (unpaired) electrons. The van der Waals surface area contributed by atoms with Gasteiger partial charge in [-0.05, 0) is 24.3 Å². The number of para-hydroxylation sites is 2. The Hall–Kier alpha value is -3.02. The molecular weight excluding hydrogens is 363 g/mol. The van der Waals surface area contributed by atoms with Crippen LogP contribution in [-0.4, -0.2) is 32.1 Å². The molecular formula is C18H14MnN2O4. The van der Waals surface area contributed by atoms with Gasteiger partial charge in [0.2, 0.25) is 0 Å². The SMILES string of the molecule is O=C(O)c1cc2ccccc2[nH]1.O=C(O)c1cc2ccccc2[nH]1.[Mn]. The molecule has 0 saturated carbocycles. The Morgan fingerprint density at radius 2 is 1.04 bits per heavy atom. The average Bonchev–Trinajstić information content (AvgIpc) is 3.19. The van der Waals surface area contributed by atoms with Crippen LogP contribution in [0, 0.1) is 0 Å². The topological polar surface area (TPSA) is 106 Å². The average molecular weight is 377 g/mol. The molecule has 7 heteroatoms. The number of hydrogen-bond donors (Lipinski definition) is 4. The molecule has 4 aromatic rings. The molecule has 0 aliphatic heterocycles. The molecule has 6 nitrogen and oxygen atoms in total. The Labute approximate surface area is 153 Å². The first-order chi connectivity index (χ1) is 11.5. The van der Waals surface area contributed by atoms with Crippen molar-refractivity contribution in [3.8, 4) is 0 Å². The molecule has 0 atom stereocenters. The number of carboxylic acid groups (broad SMARTS) is 2. The van der Waals surface area contributed by atoms with Crippen LogP contribution in [0.15, 0.2) is 60.7 Å². The van der Waals surface area contributed by atoms with Gasteiger partial charge in [-0.3, -0.25) is 0 Å². The first-order valence-electron chi connectivity index (χ1n) is 7.16. The maximum Gasteiger partial charge on any atom is 0.352 e. The van der Waals surface area contributed by atoms with Crippen LogP contribution in [0.1, 0.15) is 21.0 Å². The van der Waals surface area contributed by atoms with Gasteiger partial charge in [0.25, 0.3) is 0 Å². The molecule has 25 heavy (non-hydrogen) atoms. The van der Waals surface area contributed by atoms with Gasteiger partial charge in [0, 0.05) is 38.9 Å². The summed E-state index contributed by atoms with van der Waals surface area (Å²) in [6, 6.07) is 18.2. The van der Waals surface area contributed by atoms with Crippen LogP contribution in [-0.2, 0) is 17.1 Å². The number of hydrogen-bond acceptors (Lipinski definition) is 2. The number of H-pyrrole nitrogens is 2. The summed E-state index contributed by atoms with van der Waals surface area (Å²) in [5, 5.41) is 19.2. The molecule has 4 rings (SSSR count). The van der Waals surface area contributed by atoms with Gasteiger partial charge in [0.05, 0.1) is 0 Å². The number of nitrogens with one attached hydrogen (secondary N) is 2. The number of aromatic carboxylic acids is 2. The van der Waals surface area contributed by atoms with Gasteiger partial charge >= 0.3 is 11.9 Å². The van der Waals surface area contributed by atoms with E-state index in [4.69, 9.17) is 10.2 Å². The van der Waals surface area contributed by atoms with Crippen LogP contribution in [0.3, 0.4) is 0 Å². The number of carbonyl (C=O) groups is 2. The van der Waals surface area contributed by atoms with E-state index in [9.17, 15) is 9.59 Å². The van der Waals surface area contributed by atoms with E-state index in [0.717, 1.165) is 21.8 Å². The fraction of sp³-hybridized carbons (Fsp3) is 0. The van der Waals surface area contributed by atoms with Crippen molar-refractivity contribution in [3.63, 3.8) is 0 Å². The summed E-state index contributed by atoms with van der Waals surface area (Å²) < 4.78 is 0. The maximum atomic E-state index is 10.5. The molecule has 0 saturated heterocycles. The third-order valence-electron chi connectivity index (χ3n) is 3.52. The number of benzene rings is 2. The summed E-state index contributed by atoms with van der Waals surface area (Å²) >= 11 is 0. The van der Waals surface area contributed by atoms with Gasteiger partial charge < -0.3 is 20.2 Å². The van der Waals surface area contributed by atoms with E-state index in [-0.39, 0.29) is 28.5 Å². The molecule has 0 unspecified atom stereocenters. The first kappa shape index (κ1) is 18.3. The maximum absolute atomic E-state index is 10.5. The second kappa shape index (κ2) is 7.70. The predicted molar refractivity (Wildman–Crippen MR) is 90.5 cm³/mol. The second-order valence-electron chi connectivity index (χ2n) is 5.15. The zero-order valence-corrected chi connectivity index (χ0v) is 14.0. The summed E-state index contributed by atoms with van der Waals surface area (Å²) in [4.78, 5) is 26.7. The summed E-state index contributed by atoms with van der Waals surface area (Å²) in [5.74, 6) is -1.85. The monoisotopic (exact) mass is 377 g/mol. The molecule has 0 aliphatic carbocycles. The first-order valence-corrected chi connectivity index (χ1v) is 7.16. The molecule has 0 bridgehead atoms. The minimum Gasteiger partial charge on any atom is -0.477 e.